The maximum absolute atomic E-state index is 13.2. The minimum Gasteiger partial charge on any atom is -0.465 e. The topological polar surface area (TPSA) is 49.9 Å². The van der Waals surface area contributed by atoms with Gasteiger partial charge in [-0.3, -0.25) is 9.69 Å². The molecule has 0 bridgehead atoms. The molecular formula is C24H28N2O3. The molecule has 0 atom stereocenters. The van der Waals surface area contributed by atoms with E-state index in [2.05, 4.69) is 17.0 Å². The van der Waals surface area contributed by atoms with Crippen LogP contribution < -0.4 is 4.90 Å². The van der Waals surface area contributed by atoms with Crippen LogP contribution in [0.5, 0.6) is 0 Å². The highest BCUT2D eigenvalue weighted by Crippen LogP contribution is 2.29. The zero-order valence-electron chi connectivity index (χ0n) is 17.0. The molecule has 29 heavy (non-hydrogen) atoms. The average Bonchev–Trinajstić information content (AvgIpc) is 2.78. The Kier molecular flexibility index (Phi) is 5.95. The van der Waals surface area contributed by atoms with Gasteiger partial charge in [0.2, 0.25) is 0 Å². The van der Waals surface area contributed by atoms with E-state index < -0.39 is 0 Å². The first-order valence-corrected chi connectivity index (χ1v) is 10.5. The summed E-state index contributed by atoms with van der Waals surface area (Å²) in [7, 11) is 1.38. The molecule has 1 amide bonds. The highest BCUT2D eigenvalue weighted by molar-refractivity contribution is 6.07. The first kappa shape index (κ1) is 19.6. The van der Waals surface area contributed by atoms with Crippen molar-refractivity contribution >= 4 is 17.6 Å². The van der Waals surface area contributed by atoms with Gasteiger partial charge >= 0.3 is 5.97 Å². The summed E-state index contributed by atoms with van der Waals surface area (Å²) in [4.78, 5) is 29.3. The minimum absolute atomic E-state index is 0.0151. The number of piperidine rings is 1. The number of fused-ring (bicyclic) bond motifs is 1. The molecule has 2 heterocycles. The van der Waals surface area contributed by atoms with E-state index in [1.54, 1.807) is 6.07 Å². The molecule has 5 heteroatoms. The van der Waals surface area contributed by atoms with Crippen molar-refractivity contribution in [3.05, 3.63) is 64.7 Å². The van der Waals surface area contributed by atoms with Crippen LogP contribution in [0.2, 0.25) is 0 Å². The third-order valence-electron chi connectivity index (χ3n) is 5.92. The molecule has 0 spiro atoms. The maximum Gasteiger partial charge on any atom is 0.337 e. The molecule has 0 saturated carbocycles. The van der Waals surface area contributed by atoms with Crippen molar-refractivity contribution in [2.45, 2.75) is 38.6 Å². The number of amides is 1. The SMILES string of the molecule is COC(=O)c1ccc2c(c1)CCCN2C(=O)c1ccc(CN2CCCCC2)cc1. The zero-order chi connectivity index (χ0) is 20.2. The van der Waals surface area contributed by atoms with Crippen LogP contribution in [0.3, 0.4) is 0 Å². The van der Waals surface area contributed by atoms with E-state index in [0.29, 0.717) is 17.7 Å². The number of ether oxygens (including phenoxy) is 1. The maximum atomic E-state index is 13.2. The van der Waals surface area contributed by atoms with Crippen LogP contribution in [0.25, 0.3) is 0 Å². The number of likely N-dealkylation sites (tertiary alicyclic amines) is 1. The first-order valence-electron chi connectivity index (χ1n) is 10.5. The van der Waals surface area contributed by atoms with Crippen molar-refractivity contribution in [3.63, 3.8) is 0 Å². The first-order chi connectivity index (χ1) is 14.2. The second kappa shape index (κ2) is 8.78. The van der Waals surface area contributed by atoms with E-state index in [4.69, 9.17) is 4.74 Å². The summed E-state index contributed by atoms with van der Waals surface area (Å²) < 4.78 is 4.81. The van der Waals surface area contributed by atoms with Crippen LogP contribution in [0.1, 0.15) is 57.5 Å². The van der Waals surface area contributed by atoms with E-state index in [-0.39, 0.29) is 11.9 Å². The lowest BCUT2D eigenvalue weighted by molar-refractivity contribution is 0.0600. The van der Waals surface area contributed by atoms with Crippen LogP contribution in [0, 0.1) is 0 Å². The van der Waals surface area contributed by atoms with Crippen LogP contribution in [0.15, 0.2) is 42.5 Å². The lowest BCUT2D eigenvalue weighted by atomic mass is 9.98. The fraction of sp³-hybridized carbons (Fsp3) is 0.417. The number of carbonyl (C=O) groups is 2. The van der Waals surface area contributed by atoms with Gasteiger partial charge in [-0.25, -0.2) is 4.79 Å². The van der Waals surface area contributed by atoms with Gasteiger partial charge in [0.25, 0.3) is 5.91 Å². The fourth-order valence-corrected chi connectivity index (χ4v) is 4.34. The van der Waals surface area contributed by atoms with E-state index in [9.17, 15) is 9.59 Å². The third-order valence-corrected chi connectivity index (χ3v) is 5.92. The molecule has 0 aromatic heterocycles. The Morgan fingerprint density at radius 2 is 1.62 bits per heavy atom. The van der Waals surface area contributed by atoms with E-state index in [1.807, 2.05) is 29.2 Å². The molecule has 2 aliphatic heterocycles. The van der Waals surface area contributed by atoms with Gasteiger partial charge in [0.15, 0.2) is 0 Å². The molecule has 2 aromatic carbocycles. The van der Waals surface area contributed by atoms with Gasteiger partial charge in [0.05, 0.1) is 12.7 Å². The Morgan fingerprint density at radius 3 is 2.34 bits per heavy atom. The molecule has 5 nitrogen and oxygen atoms in total. The lowest BCUT2D eigenvalue weighted by Gasteiger charge is -2.30. The summed E-state index contributed by atoms with van der Waals surface area (Å²) in [5.41, 5.74) is 4.41. The number of methoxy groups -OCH3 is 1. The Balaban J connectivity index is 1.49. The largest absolute Gasteiger partial charge is 0.465 e. The van der Waals surface area contributed by atoms with Crippen molar-refractivity contribution in [3.8, 4) is 0 Å². The number of hydrogen-bond acceptors (Lipinski definition) is 4. The number of esters is 1. The molecule has 2 aliphatic rings. The molecule has 2 aromatic rings. The van der Waals surface area contributed by atoms with Gasteiger partial charge in [0, 0.05) is 24.3 Å². The number of rotatable bonds is 4. The van der Waals surface area contributed by atoms with Crippen LogP contribution >= 0.6 is 0 Å². The molecule has 0 unspecified atom stereocenters. The van der Waals surface area contributed by atoms with E-state index >= 15 is 0 Å². The molecule has 0 aliphatic carbocycles. The minimum atomic E-state index is -0.347. The molecular weight excluding hydrogens is 364 g/mol. The Labute approximate surface area is 172 Å². The zero-order valence-corrected chi connectivity index (χ0v) is 17.0. The number of nitrogens with zero attached hydrogens (tertiary/aromatic N) is 2. The van der Waals surface area contributed by atoms with Gasteiger partial charge in [-0.1, -0.05) is 18.6 Å². The predicted octanol–water partition coefficient (Wildman–Crippen LogP) is 4.05. The second-order valence-electron chi connectivity index (χ2n) is 7.93. The van der Waals surface area contributed by atoms with Crippen molar-refractivity contribution < 1.29 is 14.3 Å². The highest BCUT2D eigenvalue weighted by Gasteiger charge is 2.24. The molecule has 4 rings (SSSR count). The number of carbonyl (C=O) groups excluding carboxylic acids is 2. The van der Waals surface area contributed by atoms with Gasteiger partial charge in [0.1, 0.15) is 0 Å². The van der Waals surface area contributed by atoms with Gasteiger partial charge in [-0.05, 0) is 80.2 Å². The summed E-state index contributed by atoms with van der Waals surface area (Å²) >= 11 is 0. The lowest BCUT2D eigenvalue weighted by Crippen LogP contribution is -2.35. The van der Waals surface area contributed by atoms with Crippen molar-refractivity contribution in [2.75, 3.05) is 31.6 Å². The van der Waals surface area contributed by atoms with E-state index in [0.717, 1.165) is 30.6 Å². The summed E-state index contributed by atoms with van der Waals surface area (Å²) in [6.07, 6.45) is 5.64. The van der Waals surface area contributed by atoms with E-state index in [1.165, 1.54) is 45.0 Å². The van der Waals surface area contributed by atoms with Crippen molar-refractivity contribution in [1.82, 2.24) is 4.90 Å². The molecule has 0 N–H and O–H groups in total. The normalized spacial score (nSPS) is 16.9. The monoisotopic (exact) mass is 392 g/mol. The fourth-order valence-electron chi connectivity index (χ4n) is 4.34. The third kappa shape index (κ3) is 4.35. The van der Waals surface area contributed by atoms with Gasteiger partial charge in [-0.15, -0.1) is 0 Å². The highest BCUT2D eigenvalue weighted by atomic mass is 16.5. The number of anilines is 1. The Bertz CT molecular complexity index is 885. The number of benzene rings is 2. The van der Waals surface area contributed by atoms with Crippen molar-refractivity contribution in [2.24, 2.45) is 0 Å². The Morgan fingerprint density at radius 1 is 0.897 bits per heavy atom. The Hall–Kier alpha value is -2.66. The van der Waals surface area contributed by atoms with Crippen LogP contribution in [-0.2, 0) is 17.7 Å². The summed E-state index contributed by atoms with van der Waals surface area (Å²) in [5.74, 6) is -0.332. The quantitative estimate of drug-likeness (QED) is 0.737. The summed E-state index contributed by atoms with van der Waals surface area (Å²) in [6.45, 7) is 3.98. The summed E-state index contributed by atoms with van der Waals surface area (Å²) in [6, 6.07) is 13.5. The van der Waals surface area contributed by atoms with Crippen molar-refractivity contribution in [1.29, 1.82) is 0 Å². The molecule has 1 saturated heterocycles. The molecule has 0 radical (unpaired) electrons. The van der Waals surface area contributed by atoms with Crippen LogP contribution in [-0.4, -0.2) is 43.5 Å². The summed E-state index contributed by atoms with van der Waals surface area (Å²) in [5, 5.41) is 0. The standard InChI is InChI=1S/C24H28N2O3/c1-29-24(28)21-11-12-22-20(16-21)6-5-15-26(22)23(27)19-9-7-18(8-10-19)17-25-13-3-2-4-14-25/h7-12,16H,2-6,13-15,17H2,1H3. The van der Waals surface area contributed by atoms with Gasteiger partial charge < -0.3 is 9.64 Å². The predicted molar refractivity (Wildman–Crippen MR) is 113 cm³/mol. The second-order valence-corrected chi connectivity index (χ2v) is 7.93. The molecule has 152 valence electrons. The number of aryl methyl sites for hydroxylation is 1. The average molecular weight is 392 g/mol. The number of hydrogen-bond donors (Lipinski definition) is 0. The molecule has 1 fully saturated rings. The van der Waals surface area contributed by atoms with Gasteiger partial charge in [-0.2, -0.15) is 0 Å². The smallest absolute Gasteiger partial charge is 0.337 e. The van der Waals surface area contributed by atoms with Crippen LogP contribution in [0.4, 0.5) is 5.69 Å².